The second-order valence-electron chi connectivity index (χ2n) is 4.33. The van der Waals surface area contributed by atoms with Gasteiger partial charge in [0.1, 0.15) is 5.69 Å². The lowest BCUT2D eigenvalue weighted by Gasteiger charge is -2.15. The van der Waals surface area contributed by atoms with Crippen LogP contribution in [0.1, 0.15) is 36.5 Å². The Morgan fingerprint density at radius 1 is 1.59 bits per heavy atom. The minimum absolute atomic E-state index is 0.112. The summed E-state index contributed by atoms with van der Waals surface area (Å²) >= 11 is 3.56. The standard InChI is InChI=1S/C12H18BrN3O/c1-3-10-7-11(16(4-2)14-10)12(17)15-6-5-9(13)8-15/h7,9H,3-6,8H2,1-2H3. The molecule has 0 aromatic carbocycles. The van der Waals surface area contributed by atoms with Crippen LogP contribution >= 0.6 is 15.9 Å². The number of hydrogen-bond donors (Lipinski definition) is 0. The molecule has 1 amide bonds. The zero-order valence-corrected chi connectivity index (χ0v) is 11.9. The molecule has 1 unspecified atom stereocenters. The third-order valence-corrected chi connectivity index (χ3v) is 3.88. The summed E-state index contributed by atoms with van der Waals surface area (Å²) in [6, 6.07) is 1.92. The van der Waals surface area contributed by atoms with Crippen molar-refractivity contribution in [3.63, 3.8) is 0 Å². The lowest BCUT2D eigenvalue weighted by molar-refractivity contribution is 0.0781. The van der Waals surface area contributed by atoms with Crippen LogP contribution in [-0.2, 0) is 13.0 Å². The highest BCUT2D eigenvalue weighted by molar-refractivity contribution is 9.09. The van der Waals surface area contributed by atoms with Gasteiger partial charge in [0.25, 0.3) is 5.91 Å². The summed E-state index contributed by atoms with van der Waals surface area (Å²) in [6.07, 6.45) is 1.90. The van der Waals surface area contributed by atoms with Crippen molar-refractivity contribution < 1.29 is 4.79 Å². The summed E-state index contributed by atoms with van der Waals surface area (Å²) in [5, 5.41) is 4.42. The number of aromatic nitrogens is 2. The van der Waals surface area contributed by atoms with Gasteiger partial charge in [0, 0.05) is 24.5 Å². The van der Waals surface area contributed by atoms with Gasteiger partial charge in [-0.1, -0.05) is 22.9 Å². The predicted molar refractivity (Wildman–Crippen MR) is 70.5 cm³/mol. The van der Waals surface area contributed by atoms with Crippen molar-refractivity contribution in [2.75, 3.05) is 13.1 Å². The molecule has 0 aliphatic carbocycles. The van der Waals surface area contributed by atoms with Crippen molar-refractivity contribution in [2.45, 2.75) is 38.1 Å². The molecule has 94 valence electrons. The average molecular weight is 300 g/mol. The Morgan fingerprint density at radius 2 is 2.35 bits per heavy atom. The minimum Gasteiger partial charge on any atom is -0.336 e. The first kappa shape index (κ1) is 12.6. The third kappa shape index (κ3) is 2.54. The van der Waals surface area contributed by atoms with Gasteiger partial charge >= 0.3 is 0 Å². The Bertz CT molecular complexity index is 416. The van der Waals surface area contributed by atoms with Crippen molar-refractivity contribution in [1.82, 2.24) is 14.7 Å². The topological polar surface area (TPSA) is 38.1 Å². The first-order valence-corrected chi connectivity index (χ1v) is 7.07. The Labute approximate surface area is 110 Å². The number of alkyl halides is 1. The van der Waals surface area contributed by atoms with Crippen LogP contribution in [0.25, 0.3) is 0 Å². The van der Waals surface area contributed by atoms with Crippen LogP contribution in [0.2, 0.25) is 0 Å². The normalized spacial score (nSPS) is 19.9. The fraction of sp³-hybridized carbons (Fsp3) is 0.667. The number of carbonyl (C=O) groups excluding carboxylic acids is 1. The molecule has 0 bridgehead atoms. The van der Waals surface area contributed by atoms with Gasteiger partial charge in [-0.25, -0.2) is 0 Å². The molecule has 1 atom stereocenters. The van der Waals surface area contributed by atoms with E-state index in [2.05, 4.69) is 28.0 Å². The zero-order chi connectivity index (χ0) is 12.4. The number of halogens is 1. The Hall–Kier alpha value is -0.840. The maximum atomic E-state index is 12.3. The predicted octanol–water partition coefficient (Wildman–Crippen LogP) is 2.07. The number of carbonyl (C=O) groups is 1. The molecule has 1 aromatic rings. The van der Waals surface area contributed by atoms with Crippen LogP contribution in [0.5, 0.6) is 0 Å². The van der Waals surface area contributed by atoms with E-state index in [0.29, 0.717) is 4.83 Å². The summed E-state index contributed by atoms with van der Waals surface area (Å²) < 4.78 is 1.81. The Balaban J connectivity index is 2.20. The van der Waals surface area contributed by atoms with Crippen molar-refractivity contribution >= 4 is 21.8 Å². The number of likely N-dealkylation sites (tertiary alicyclic amines) is 1. The lowest BCUT2D eigenvalue weighted by atomic mass is 10.3. The van der Waals surface area contributed by atoms with Gasteiger partial charge in [-0.15, -0.1) is 0 Å². The van der Waals surface area contributed by atoms with E-state index in [1.165, 1.54) is 0 Å². The van der Waals surface area contributed by atoms with Crippen LogP contribution < -0.4 is 0 Å². The SMILES string of the molecule is CCc1cc(C(=O)N2CCC(Br)C2)n(CC)n1. The fourth-order valence-electron chi connectivity index (χ4n) is 2.12. The number of amides is 1. The summed E-state index contributed by atoms with van der Waals surface area (Å²) in [6.45, 7) is 6.45. The van der Waals surface area contributed by atoms with Crippen molar-refractivity contribution in [1.29, 1.82) is 0 Å². The average Bonchev–Trinajstić information content (AvgIpc) is 2.93. The summed E-state index contributed by atoms with van der Waals surface area (Å²) in [4.78, 5) is 14.7. The molecule has 1 fully saturated rings. The van der Waals surface area contributed by atoms with Gasteiger partial charge < -0.3 is 4.90 Å². The molecular formula is C12H18BrN3O. The molecule has 1 saturated heterocycles. The molecule has 1 aliphatic heterocycles. The summed E-state index contributed by atoms with van der Waals surface area (Å²) in [7, 11) is 0. The van der Waals surface area contributed by atoms with E-state index >= 15 is 0 Å². The van der Waals surface area contributed by atoms with E-state index in [-0.39, 0.29) is 5.91 Å². The largest absolute Gasteiger partial charge is 0.336 e. The fourth-order valence-corrected chi connectivity index (χ4v) is 2.67. The first-order chi connectivity index (χ1) is 8.15. The lowest BCUT2D eigenvalue weighted by Crippen LogP contribution is -2.30. The third-order valence-electron chi connectivity index (χ3n) is 3.13. The van der Waals surface area contributed by atoms with Gasteiger partial charge in [0.2, 0.25) is 0 Å². The zero-order valence-electron chi connectivity index (χ0n) is 10.3. The maximum absolute atomic E-state index is 12.3. The number of hydrogen-bond acceptors (Lipinski definition) is 2. The van der Waals surface area contributed by atoms with E-state index in [0.717, 1.165) is 43.9 Å². The molecule has 0 radical (unpaired) electrons. The van der Waals surface area contributed by atoms with Gasteiger partial charge in [0.05, 0.1) is 5.69 Å². The van der Waals surface area contributed by atoms with Crippen LogP contribution in [-0.4, -0.2) is 38.5 Å². The van der Waals surface area contributed by atoms with Crippen molar-refractivity contribution in [3.8, 4) is 0 Å². The van der Waals surface area contributed by atoms with Gasteiger partial charge in [-0.3, -0.25) is 9.48 Å². The smallest absolute Gasteiger partial charge is 0.272 e. The van der Waals surface area contributed by atoms with Crippen LogP contribution in [0.4, 0.5) is 0 Å². The van der Waals surface area contributed by atoms with Gasteiger partial charge in [-0.05, 0) is 25.8 Å². The molecule has 4 nitrogen and oxygen atoms in total. The van der Waals surface area contributed by atoms with E-state index in [1.54, 1.807) is 0 Å². The molecule has 0 N–H and O–H groups in total. The molecule has 1 aliphatic rings. The Kier molecular flexibility index (Phi) is 3.86. The van der Waals surface area contributed by atoms with Crippen LogP contribution in [0.3, 0.4) is 0 Å². The van der Waals surface area contributed by atoms with Crippen LogP contribution in [0, 0.1) is 0 Å². The second-order valence-corrected chi connectivity index (χ2v) is 5.62. The molecule has 5 heteroatoms. The molecule has 0 spiro atoms. The van der Waals surface area contributed by atoms with Crippen LogP contribution in [0.15, 0.2) is 6.07 Å². The molecule has 1 aromatic heterocycles. The number of aryl methyl sites for hydroxylation is 2. The highest BCUT2D eigenvalue weighted by atomic mass is 79.9. The van der Waals surface area contributed by atoms with E-state index in [1.807, 2.05) is 22.6 Å². The molecule has 2 rings (SSSR count). The number of rotatable bonds is 3. The maximum Gasteiger partial charge on any atom is 0.272 e. The van der Waals surface area contributed by atoms with Gasteiger partial charge in [-0.2, -0.15) is 5.10 Å². The number of nitrogens with zero attached hydrogens (tertiary/aromatic N) is 3. The Morgan fingerprint density at radius 3 is 2.88 bits per heavy atom. The van der Waals surface area contributed by atoms with E-state index in [9.17, 15) is 4.79 Å². The minimum atomic E-state index is 0.112. The molecular weight excluding hydrogens is 282 g/mol. The van der Waals surface area contributed by atoms with E-state index < -0.39 is 0 Å². The van der Waals surface area contributed by atoms with Gasteiger partial charge in [0.15, 0.2) is 0 Å². The van der Waals surface area contributed by atoms with E-state index in [4.69, 9.17) is 0 Å². The molecule has 0 saturated carbocycles. The summed E-state index contributed by atoms with van der Waals surface area (Å²) in [5.41, 5.74) is 1.72. The highest BCUT2D eigenvalue weighted by Gasteiger charge is 2.27. The first-order valence-electron chi connectivity index (χ1n) is 6.15. The molecule has 17 heavy (non-hydrogen) atoms. The monoisotopic (exact) mass is 299 g/mol. The van der Waals surface area contributed by atoms with Crippen molar-refractivity contribution in [2.24, 2.45) is 0 Å². The van der Waals surface area contributed by atoms with Crippen molar-refractivity contribution in [3.05, 3.63) is 17.5 Å². The quantitative estimate of drug-likeness (QED) is 0.802. The molecule has 2 heterocycles. The second kappa shape index (κ2) is 5.21. The summed E-state index contributed by atoms with van der Waals surface area (Å²) in [5.74, 6) is 0.112. The highest BCUT2D eigenvalue weighted by Crippen LogP contribution is 2.19.